The van der Waals surface area contributed by atoms with Crippen LogP contribution in [-0.4, -0.2) is 42.2 Å². The number of hydrogen-bond donors (Lipinski definition) is 1. The van der Waals surface area contributed by atoms with Crippen LogP contribution in [0.2, 0.25) is 0 Å². The molecule has 3 rings (SSSR count). The van der Waals surface area contributed by atoms with Crippen LogP contribution in [0.15, 0.2) is 29.4 Å². The van der Waals surface area contributed by atoms with Crippen LogP contribution in [0.1, 0.15) is 68.6 Å². The lowest BCUT2D eigenvalue weighted by Crippen LogP contribution is -2.28. The zero-order valence-electron chi connectivity index (χ0n) is 20.3. The summed E-state index contributed by atoms with van der Waals surface area (Å²) in [5.74, 6) is 1.52. The Morgan fingerprint density at radius 3 is 2.88 bits per heavy atom. The highest BCUT2D eigenvalue weighted by atomic mass is 32.1. The highest BCUT2D eigenvalue weighted by Crippen LogP contribution is 2.39. The number of rotatable bonds is 12. The van der Waals surface area contributed by atoms with Crippen molar-refractivity contribution in [2.45, 2.75) is 71.6 Å². The average Bonchev–Trinajstić information content (AvgIpc) is 3.18. The van der Waals surface area contributed by atoms with Crippen LogP contribution in [0.4, 0.5) is 5.82 Å². The molecule has 0 unspecified atom stereocenters. The van der Waals surface area contributed by atoms with E-state index in [0.717, 1.165) is 54.9 Å². The summed E-state index contributed by atoms with van der Waals surface area (Å²) in [6.07, 6.45) is 14.3. The Kier molecular flexibility index (Phi) is 9.61. The second-order valence-corrected chi connectivity index (χ2v) is 9.72. The largest absolute Gasteiger partial charge is 0.359 e. The van der Waals surface area contributed by atoms with E-state index >= 15 is 0 Å². The van der Waals surface area contributed by atoms with Gasteiger partial charge < -0.3 is 10.2 Å². The summed E-state index contributed by atoms with van der Waals surface area (Å²) in [5.41, 5.74) is 2.32. The first-order chi connectivity index (χ1) is 16.0. The van der Waals surface area contributed by atoms with Gasteiger partial charge in [0.1, 0.15) is 16.5 Å². The number of amides is 1. The Bertz CT molecular complexity index is 1020. The number of nitrogens with zero attached hydrogens (tertiary/aromatic N) is 4. The Morgan fingerprint density at radius 1 is 1.27 bits per heavy atom. The SMILES string of the molecule is C=C(/C=N\C=C/CC)CCNC(=O)Cc1nc(N(C)CCCC)c2c3c(sc2n1)CCCC3. The van der Waals surface area contributed by atoms with E-state index in [1.54, 1.807) is 23.8 Å². The summed E-state index contributed by atoms with van der Waals surface area (Å²) in [4.78, 5) is 31.2. The third-order valence-electron chi connectivity index (χ3n) is 5.82. The Labute approximate surface area is 201 Å². The zero-order valence-corrected chi connectivity index (χ0v) is 21.1. The molecular formula is C26H37N5OS. The summed E-state index contributed by atoms with van der Waals surface area (Å²) < 4.78 is 0. The highest BCUT2D eigenvalue weighted by Gasteiger charge is 2.23. The lowest BCUT2D eigenvalue weighted by atomic mass is 9.97. The molecule has 6 nitrogen and oxygen atoms in total. The van der Waals surface area contributed by atoms with Gasteiger partial charge in [-0.15, -0.1) is 11.3 Å². The number of hydrogen-bond acceptors (Lipinski definition) is 6. The minimum absolute atomic E-state index is 0.0616. The first-order valence-electron chi connectivity index (χ1n) is 12.2. The number of allylic oxidation sites excluding steroid dienone is 1. The van der Waals surface area contributed by atoms with Crippen LogP contribution in [0.3, 0.4) is 0 Å². The van der Waals surface area contributed by atoms with Gasteiger partial charge in [-0.25, -0.2) is 9.97 Å². The molecule has 0 bridgehead atoms. The summed E-state index contributed by atoms with van der Waals surface area (Å²) in [6.45, 7) is 9.74. The van der Waals surface area contributed by atoms with Gasteiger partial charge in [0.05, 0.1) is 11.8 Å². The molecule has 2 aromatic heterocycles. The predicted molar refractivity (Wildman–Crippen MR) is 141 cm³/mol. The number of anilines is 1. The highest BCUT2D eigenvalue weighted by molar-refractivity contribution is 7.19. The van der Waals surface area contributed by atoms with Crippen LogP contribution in [0, 0.1) is 0 Å². The van der Waals surface area contributed by atoms with Gasteiger partial charge in [-0.2, -0.15) is 0 Å². The molecule has 1 aliphatic carbocycles. The third kappa shape index (κ3) is 6.97. The fraction of sp³-hybridized carbons (Fsp3) is 0.538. The van der Waals surface area contributed by atoms with Gasteiger partial charge in [0.15, 0.2) is 0 Å². The van der Waals surface area contributed by atoms with Crippen molar-refractivity contribution in [1.29, 1.82) is 0 Å². The standard InChI is InChI=1S/C26H37N5OS/c1-5-7-14-27-18-19(3)13-15-28-23(32)17-22-29-25(31(4)16-8-6-2)24-20-11-9-10-12-21(20)33-26(24)30-22/h7,14,18H,3,5-6,8-13,15-17H2,1-2,4H3,(H,28,32)/b14-7-,27-18-. The van der Waals surface area contributed by atoms with Crippen LogP contribution in [0.5, 0.6) is 0 Å². The van der Waals surface area contributed by atoms with E-state index in [9.17, 15) is 4.79 Å². The van der Waals surface area contributed by atoms with Crippen LogP contribution >= 0.6 is 11.3 Å². The van der Waals surface area contributed by atoms with Crippen molar-refractivity contribution in [3.63, 3.8) is 0 Å². The molecule has 0 spiro atoms. The van der Waals surface area contributed by atoms with Gasteiger partial charge in [-0.1, -0.05) is 32.9 Å². The monoisotopic (exact) mass is 467 g/mol. The minimum Gasteiger partial charge on any atom is -0.359 e. The fourth-order valence-electron chi connectivity index (χ4n) is 3.99. The second kappa shape index (κ2) is 12.6. The topological polar surface area (TPSA) is 70.5 Å². The van der Waals surface area contributed by atoms with Gasteiger partial charge in [0, 0.05) is 37.4 Å². The maximum absolute atomic E-state index is 12.6. The molecule has 178 valence electrons. The Hall–Kier alpha value is -2.54. The van der Waals surface area contributed by atoms with Gasteiger partial charge in [0.25, 0.3) is 0 Å². The molecule has 0 saturated carbocycles. The molecule has 1 aliphatic rings. The van der Waals surface area contributed by atoms with Crippen LogP contribution < -0.4 is 10.2 Å². The zero-order chi connectivity index (χ0) is 23.6. The summed E-state index contributed by atoms with van der Waals surface area (Å²) in [5, 5.41) is 4.19. The van der Waals surface area contributed by atoms with Crippen molar-refractivity contribution >= 4 is 39.5 Å². The molecule has 1 N–H and O–H groups in total. The van der Waals surface area contributed by atoms with Crippen molar-refractivity contribution in [2.24, 2.45) is 4.99 Å². The summed E-state index contributed by atoms with van der Waals surface area (Å²) in [7, 11) is 2.11. The molecule has 2 aromatic rings. The normalized spacial score (nSPS) is 13.7. The Balaban J connectivity index is 1.69. The number of aliphatic imine (C=N–C) groups is 1. The van der Waals surface area contributed by atoms with E-state index in [4.69, 9.17) is 9.97 Å². The maximum atomic E-state index is 12.6. The van der Waals surface area contributed by atoms with E-state index in [1.807, 2.05) is 6.08 Å². The number of fused-ring (bicyclic) bond motifs is 3. The number of aryl methyl sites for hydroxylation is 2. The number of carbonyl (C=O) groups excluding carboxylic acids is 1. The quantitative estimate of drug-likeness (QED) is 0.424. The molecule has 0 aliphatic heterocycles. The molecule has 0 radical (unpaired) electrons. The predicted octanol–water partition coefficient (Wildman–Crippen LogP) is 5.41. The van der Waals surface area contributed by atoms with Crippen molar-refractivity contribution in [2.75, 3.05) is 25.0 Å². The van der Waals surface area contributed by atoms with Crippen molar-refractivity contribution in [1.82, 2.24) is 15.3 Å². The molecule has 7 heteroatoms. The third-order valence-corrected chi connectivity index (χ3v) is 7.01. The maximum Gasteiger partial charge on any atom is 0.227 e. The number of aromatic nitrogens is 2. The van der Waals surface area contributed by atoms with E-state index < -0.39 is 0 Å². The molecule has 0 saturated heterocycles. The van der Waals surface area contributed by atoms with Crippen molar-refractivity contribution in [3.8, 4) is 0 Å². The fourth-order valence-corrected chi connectivity index (χ4v) is 5.26. The lowest BCUT2D eigenvalue weighted by Gasteiger charge is -2.21. The van der Waals surface area contributed by atoms with E-state index in [1.165, 1.54) is 28.7 Å². The Morgan fingerprint density at radius 2 is 2.09 bits per heavy atom. The number of unbranched alkanes of at least 4 members (excludes halogenated alkanes) is 1. The van der Waals surface area contributed by atoms with E-state index in [0.29, 0.717) is 18.8 Å². The molecule has 1 amide bonds. The molecule has 0 atom stereocenters. The average molecular weight is 468 g/mol. The first kappa shape index (κ1) is 25.1. The summed E-state index contributed by atoms with van der Waals surface area (Å²) >= 11 is 1.79. The minimum atomic E-state index is -0.0616. The first-order valence-corrected chi connectivity index (χ1v) is 13.0. The summed E-state index contributed by atoms with van der Waals surface area (Å²) in [6, 6.07) is 0. The van der Waals surface area contributed by atoms with Gasteiger partial charge in [-0.3, -0.25) is 9.79 Å². The molecule has 0 fully saturated rings. The lowest BCUT2D eigenvalue weighted by molar-refractivity contribution is -0.120. The van der Waals surface area contributed by atoms with Crippen molar-refractivity contribution < 1.29 is 4.79 Å². The van der Waals surface area contributed by atoms with Crippen LogP contribution in [-0.2, 0) is 24.1 Å². The molecular weight excluding hydrogens is 430 g/mol. The van der Waals surface area contributed by atoms with Gasteiger partial charge in [0.2, 0.25) is 5.91 Å². The van der Waals surface area contributed by atoms with E-state index in [-0.39, 0.29) is 12.3 Å². The molecule has 2 heterocycles. The number of nitrogens with one attached hydrogen (secondary N) is 1. The smallest absolute Gasteiger partial charge is 0.227 e. The number of thiophene rings is 1. The molecule has 0 aromatic carbocycles. The second-order valence-electron chi connectivity index (χ2n) is 8.64. The van der Waals surface area contributed by atoms with Crippen LogP contribution in [0.25, 0.3) is 10.2 Å². The number of carbonyl (C=O) groups is 1. The van der Waals surface area contributed by atoms with Gasteiger partial charge >= 0.3 is 0 Å². The van der Waals surface area contributed by atoms with E-state index in [2.05, 4.69) is 42.7 Å². The van der Waals surface area contributed by atoms with Gasteiger partial charge in [-0.05, 0) is 56.1 Å². The van der Waals surface area contributed by atoms with Crippen molar-refractivity contribution in [3.05, 3.63) is 40.7 Å². The molecule has 33 heavy (non-hydrogen) atoms.